The zero-order valence-corrected chi connectivity index (χ0v) is 13.7. The third-order valence-corrected chi connectivity index (χ3v) is 4.04. The molecule has 1 aliphatic heterocycles. The first kappa shape index (κ1) is 19.1. The molecular weight excluding hydrogens is 330 g/mol. The fraction of sp³-hybridized carbons (Fsp3) is 0.500. The maximum atomic E-state index is 10.0. The van der Waals surface area contributed by atoms with Gasteiger partial charge in [-0.25, -0.2) is 0 Å². The number of phenols is 1. The molecule has 1 heterocycles. The maximum absolute atomic E-state index is 10.0. The molecule has 2 N–H and O–H groups in total. The van der Waals surface area contributed by atoms with Crippen LogP contribution in [0.4, 0.5) is 0 Å². The molecule has 2 rings (SSSR count). The molecule has 0 aliphatic carbocycles. The molecule has 0 spiro atoms. The summed E-state index contributed by atoms with van der Waals surface area (Å²) < 4.78 is 0. The van der Waals surface area contributed by atoms with Crippen molar-refractivity contribution in [3.05, 3.63) is 27.7 Å². The lowest BCUT2D eigenvalue weighted by Gasteiger charge is -2.33. The van der Waals surface area contributed by atoms with Gasteiger partial charge in [-0.3, -0.25) is 4.90 Å². The minimum atomic E-state index is 0. The second-order valence-electron chi connectivity index (χ2n) is 4.26. The number of rotatable bonds is 2. The predicted molar refractivity (Wildman–Crippen MR) is 85.5 cm³/mol. The summed E-state index contributed by atoms with van der Waals surface area (Å²) in [5, 5.41) is 14.0. The number of hydrogen-bond acceptors (Lipinski definition) is 3. The van der Waals surface area contributed by atoms with Crippen LogP contribution in [-0.4, -0.2) is 36.2 Å². The Kier molecular flexibility index (Phi) is 8.45. The van der Waals surface area contributed by atoms with E-state index >= 15 is 0 Å². The molecular formula is C12H18Cl4N2O. The second-order valence-corrected chi connectivity index (χ2v) is 5.05. The van der Waals surface area contributed by atoms with Crippen LogP contribution in [0.5, 0.6) is 5.75 Å². The number of nitrogens with one attached hydrogen (secondary N) is 1. The molecule has 1 aliphatic rings. The van der Waals surface area contributed by atoms with Crippen molar-refractivity contribution in [1.82, 2.24) is 10.2 Å². The Bertz CT molecular complexity index is 411. The van der Waals surface area contributed by atoms with Gasteiger partial charge in [0.15, 0.2) is 0 Å². The predicted octanol–water partition coefficient (Wildman–Crippen LogP) is 3.51. The standard InChI is InChI=1S/C12H16Cl2N2O.2ClH/c1-8(16-6-4-15-5-7-16)9-2-3-10(13)11(14)12(9)17;;/h2-3,8,15,17H,4-7H2,1H3;2*1H/t8-;;/m1../s1. The third-order valence-electron chi connectivity index (χ3n) is 3.25. The number of aromatic hydroxyl groups is 1. The monoisotopic (exact) mass is 346 g/mol. The van der Waals surface area contributed by atoms with E-state index in [1.807, 2.05) is 6.07 Å². The van der Waals surface area contributed by atoms with E-state index in [-0.39, 0.29) is 41.6 Å². The fourth-order valence-electron chi connectivity index (χ4n) is 2.16. The fourth-order valence-corrected chi connectivity index (χ4v) is 2.48. The van der Waals surface area contributed by atoms with Crippen molar-refractivity contribution >= 4 is 48.0 Å². The summed E-state index contributed by atoms with van der Waals surface area (Å²) in [7, 11) is 0. The molecule has 1 saturated heterocycles. The summed E-state index contributed by atoms with van der Waals surface area (Å²) in [5.41, 5.74) is 0.835. The van der Waals surface area contributed by atoms with E-state index < -0.39 is 0 Å². The van der Waals surface area contributed by atoms with Crippen LogP contribution >= 0.6 is 48.0 Å². The van der Waals surface area contributed by atoms with Gasteiger partial charge >= 0.3 is 0 Å². The summed E-state index contributed by atoms with van der Waals surface area (Å²) in [6.07, 6.45) is 0. The van der Waals surface area contributed by atoms with Gasteiger partial charge in [0.25, 0.3) is 0 Å². The number of halogens is 4. The molecule has 1 aromatic rings. The molecule has 0 radical (unpaired) electrons. The minimum Gasteiger partial charge on any atom is -0.506 e. The second kappa shape index (κ2) is 8.40. The van der Waals surface area contributed by atoms with Crippen molar-refractivity contribution in [3.8, 4) is 5.75 Å². The average molecular weight is 348 g/mol. The average Bonchev–Trinajstić information content (AvgIpc) is 2.36. The lowest BCUT2D eigenvalue weighted by molar-refractivity contribution is 0.183. The molecule has 0 unspecified atom stereocenters. The van der Waals surface area contributed by atoms with Crippen molar-refractivity contribution in [2.45, 2.75) is 13.0 Å². The Labute approximate surface area is 136 Å². The summed E-state index contributed by atoms with van der Waals surface area (Å²) in [4.78, 5) is 2.32. The van der Waals surface area contributed by atoms with Gasteiger partial charge in [0.1, 0.15) is 10.8 Å². The van der Waals surface area contributed by atoms with Gasteiger partial charge in [0, 0.05) is 37.8 Å². The smallest absolute Gasteiger partial charge is 0.140 e. The number of hydrogen-bond donors (Lipinski definition) is 2. The largest absolute Gasteiger partial charge is 0.506 e. The number of phenolic OH excluding ortho intramolecular Hbond substituents is 1. The molecule has 110 valence electrons. The van der Waals surface area contributed by atoms with E-state index in [1.54, 1.807) is 6.07 Å². The van der Waals surface area contributed by atoms with Crippen molar-refractivity contribution in [3.63, 3.8) is 0 Å². The molecule has 3 nitrogen and oxygen atoms in total. The molecule has 0 saturated carbocycles. The molecule has 0 amide bonds. The first-order valence-electron chi connectivity index (χ1n) is 5.73. The number of piperazine rings is 1. The zero-order chi connectivity index (χ0) is 12.4. The molecule has 19 heavy (non-hydrogen) atoms. The lowest BCUT2D eigenvalue weighted by Crippen LogP contribution is -2.44. The first-order chi connectivity index (χ1) is 8.11. The quantitative estimate of drug-likeness (QED) is 0.859. The van der Waals surface area contributed by atoms with E-state index in [9.17, 15) is 5.11 Å². The highest BCUT2D eigenvalue weighted by atomic mass is 35.5. The van der Waals surface area contributed by atoms with Crippen molar-refractivity contribution in [2.24, 2.45) is 0 Å². The number of benzene rings is 1. The SMILES string of the molecule is C[C@H](c1ccc(Cl)c(Cl)c1O)N1CCNCC1.Cl.Cl. The molecule has 0 bridgehead atoms. The van der Waals surface area contributed by atoms with Gasteiger partial charge in [-0.1, -0.05) is 29.3 Å². The Morgan fingerprint density at radius 1 is 1.21 bits per heavy atom. The molecule has 0 aromatic heterocycles. The van der Waals surface area contributed by atoms with Crippen LogP contribution in [0.1, 0.15) is 18.5 Å². The molecule has 1 fully saturated rings. The highest BCUT2D eigenvalue weighted by molar-refractivity contribution is 6.43. The topological polar surface area (TPSA) is 35.5 Å². The molecule has 1 aromatic carbocycles. The van der Waals surface area contributed by atoms with E-state index in [1.165, 1.54) is 0 Å². The summed E-state index contributed by atoms with van der Waals surface area (Å²) in [6.45, 7) is 5.98. The minimum absolute atomic E-state index is 0. The van der Waals surface area contributed by atoms with Crippen LogP contribution in [0.3, 0.4) is 0 Å². The highest BCUT2D eigenvalue weighted by Crippen LogP contribution is 2.38. The van der Waals surface area contributed by atoms with Crippen molar-refractivity contribution in [1.29, 1.82) is 0 Å². The van der Waals surface area contributed by atoms with Gasteiger partial charge < -0.3 is 10.4 Å². The van der Waals surface area contributed by atoms with Gasteiger partial charge in [-0.2, -0.15) is 0 Å². The van der Waals surface area contributed by atoms with Gasteiger partial charge in [-0.05, 0) is 13.0 Å². The Morgan fingerprint density at radius 2 is 1.79 bits per heavy atom. The van der Waals surface area contributed by atoms with Crippen LogP contribution < -0.4 is 5.32 Å². The lowest BCUT2D eigenvalue weighted by atomic mass is 10.0. The zero-order valence-electron chi connectivity index (χ0n) is 10.5. The Morgan fingerprint density at radius 3 is 2.37 bits per heavy atom. The van der Waals surface area contributed by atoms with Crippen molar-refractivity contribution in [2.75, 3.05) is 26.2 Å². The first-order valence-corrected chi connectivity index (χ1v) is 6.48. The Hall–Kier alpha value is 0.1000. The summed E-state index contributed by atoms with van der Waals surface area (Å²) in [6, 6.07) is 3.72. The van der Waals surface area contributed by atoms with E-state index in [2.05, 4.69) is 17.1 Å². The third kappa shape index (κ3) is 4.28. The normalized spacial score (nSPS) is 17.2. The summed E-state index contributed by atoms with van der Waals surface area (Å²) >= 11 is 11.8. The van der Waals surface area contributed by atoms with Gasteiger partial charge in [0.2, 0.25) is 0 Å². The maximum Gasteiger partial charge on any atom is 0.140 e. The number of nitrogens with zero attached hydrogens (tertiary/aromatic N) is 1. The van der Waals surface area contributed by atoms with E-state index in [0.717, 1.165) is 31.7 Å². The van der Waals surface area contributed by atoms with Crippen molar-refractivity contribution < 1.29 is 5.11 Å². The van der Waals surface area contributed by atoms with E-state index in [4.69, 9.17) is 23.2 Å². The van der Waals surface area contributed by atoms with E-state index in [0.29, 0.717) is 5.02 Å². The summed E-state index contributed by atoms with van der Waals surface area (Å²) in [5.74, 6) is 0.102. The van der Waals surface area contributed by atoms with Gasteiger partial charge in [-0.15, -0.1) is 24.8 Å². The highest BCUT2D eigenvalue weighted by Gasteiger charge is 2.22. The Balaban J connectivity index is 0.00000162. The van der Waals surface area contributed by atoms with Crippen LogP contribution in [-0.2, 0) is 0 Å². The van der Waals surface area contributed by atoms with Crippen LogP contribution in [0.2, 0.25) is 10.0 Å². The van der Waals surface area contributed by atoms with Crippen LogP contribution in [0.15, 0.2) is 12.1 Å². The van der Waals surface area contributed by atoms with Crippen LogP contribution in [0, 0.1) is 0 Å². The molecule has 7 heteroatoms. The van der Waals surface area contributed by atoms with Gasteiger partial charge in [0.05, 0.1) is 5.02 Å². The van der Waals surface area contributed by atoms with Crippen LogP contribution in [0.25, 0.3) is 0 Å². The molecule has 1 atom stereocenters.